The highest BCUT2D eigenvalue weighted by molar-refractivity contribution is 7.93. The summed E-state index contributed by atoms with van der Waals surface area (Å²) in [5.74, 6) is 0.0790. The van der Waals surface area contributed by atoms with Gasteiger partial charge in [0.05, 0.1) is 22.6 Å². The molecule has 4 rings (SSSR count). The van der Waals surface area contributed by atoms with E-state index in [2.05, 4.69) is 15.2 Å². The van der Waals surface area contributed by atoms with Crippen LogP contribution in [-0.4, -0.2) is 42.1 Å². The van der Waals surface area contributed by atoms with Gasteiger partial charge in [0.2, 0.25) is 5.89 Å². The van der Waals surface area contributed by atoms with E-state index in [1.807, 2.05) is 0 Å². The third-order valence-electron chi connectivity index (χ3n) is 5.38. The summed E-state index contributed by atoms with van der Waals surface area (Å²) in [5, 5.41) is 8.04. The van der Waals surface area contributed by atoms with Crippen LogP contribution >= 0.6 is 11.3 Å². The Morgan fingerprint density at radius 3 is 2.42 bits per heavy atom. The lowest BCUT2D eigenvalue weighted by Gasteiger charge is -2.37. The highest BCUT2D eigenvalue weighted by atomic mass is 32.2. The molecule has 0 aliphatic carbocycles. The fourth-order valence-corrected chi connectivity index (χ4v) is 6.08. The van der Waals surface area contributed by atoms with Gasteiger partial charge in [-0.1, -0.05) is 0 Å². The first kappa shape index (κ1) is 21.4. The summed E-state index contributed by atoms with van der Waals surface area (Å²) in [5.41, 5.74) is 5.30. The summed E-state index contributed by atoms with van der Waals surface area (Å²) in [6.07, 6.45) is 0. The van der Waals surface area contributed by atoms with Crippen LogP contribution in [0.3, 0.4) is 0 Å². The molecule has 3 heterocycles. The molecule has 0 saturated carbocycles. The average Bonchev–Trinajstić information content (AvgIpc) is 3.33. The van der Waals surface area contributed by atoms with Gasteiger partial charge < -0.3 is 14.9 Å². The first-order chi connectivity index (χ1) is 14.5. The number of methoxy groups -OCH3 is 1. The second-order valence-electron chi connectivity index (χ2n) is 7.97. The number of sulfone groups is 1. The summed E-state index contributed by atoms with van der Waals surface area (Å²) in [6, 6.07) is 8.30. The Bertz CT molecular complexity index is 1280. The Labute approximate surface area is 182 Å². The molecule has 2 N–H and O–H groups in total. The van der Waals surface area contributed by atoms with Gasteiger partial charge in [-0.2, -0.15) is 0 Å². The summed E-state index contributed by atoms with van der Waals surface area (Å²) < 4.78 is 50.0. The third kappa shape index (κ3) is 3.51. The van der Waals surface area contributed by atoms with Crippen molar-refractivity contribution in [2.75, 3.05) is 12.9 Å². The molecule has 1 unspecified atom stereocenters. The second kappa shape index (κ2) is 7.13. The number of nitrogens with zero attached hydrogens (tertiary/aromatic N) is 3. The van der Waals surface area contributed by atoms with E-state index in [1.54, 1.807) is 38.3 Å². The monoisotopic (exact) mass is 464 g/mol. The van der Waals surface area contributed by atoms with E-state index in [0.29, 0.717) is 16.2 Å². The SMILES string of the molecule is COc1ccc(-c2nnc(-c3cc(F)c(C4(C)CS(=O)(=O)C(C)(C)C(N)=N4)s3)o2)cc1. The number of amidine groups is 1. The molecule has 11 heteroatoms. The molecule has 0 saturated heterocycles. The van der Waals surface area contributed by atoms with Gasteiger partial charge >= 0.3 is 0 Å². The van der Waals surface area contributed by atoms with Crippen molar-refractivity contribution in [2.24, 2.45) is 10.7 Å². The van der Waals surface area contributed by atoms with Crippen molar-refractivity contribution >= 4 is 27.0 Å². The smallest absolute Gasteiger partial charge is 0.258 e. The molecule has 8 nitrogen and oxygen atoms in total. The molecule has 0 fully saturated rings. The van der Waals surface area contributed by atoms with Crippen LogP contribution in [0.4, 0.5) is 4.39 Å². The number of hydrogen-bond donors (Lipinski definition) is 1. The minimum atomic E-state index is -3.65. The highest BCUT2D eigenvalue weighted by Crippen LogP contribution is 2.43. The normalized spacial score (nSPS) is 22.2. The van der Waals surface area contributed by atoms with E-state index in [1.165, 1.54) is 19.9 Å². The van der Waals surface area contributed by atoms with E-state index in [4.69, 9.17) is 14.9 Å². The van der Waals surface area contributed by atoms with E-state index in [0.717, 1.165) is 11.3 Å². The fourth-order valence-electron chi connectivity index (χ4n) is 3.27. The van der Waals surface area contributed by atoms with Crippen molar-refractivity contribution < 1.29 is 22.0 Å². The van der Waals surface area contributed by atoms with Gasteiger partial charge in [0, 0.05) is 5.56 Å². The molecule has 1 aliphatic rings. The zero-order chi connectivity index (χ0) is 22.6. The first-order valence-corrected chi connectivity index (χ1v) is 11.8. The van der Waals surface area contributed by atoms with Crippen molar-refractivity contribution in [3.8, 4) is 28.0 Å². The predicted octanol–water partition coefficient (Wildman–Crippen LogP) is 3.39. The van der Waals surface area contributed by atoms with Crippen LogP contribution in [-0.2, 0) is 15.4 Å². The summed E-state index contributed by atoms with van der Waals surface area (Å²) in [6.45, 7) is 4.55. The Morgan fingerprint density at radius 1 is 1.16 bits per heavy atom. The Hall–Kier alpha value is -2.79. The van der Waals surface area contributed by atoms with Crippen LogP contribution in [0, 0.1) is 5.82 Å². The number of hydrogen-bond acceptors (Lipinski definition) is 9. The maximum absolute atomic E-state index is 14.9. The zero-order valence-corrected chi connectivity index (χ0v) is 19.0. The maximum Gasteiger partial charge on any atom is 0.258 e. The Balaban J connectivity index is 1.70. The fraction of sp³-hybridized carbons (Fsp3) is 0.350. The molecule has 1 aliphatic heterocycles. The lowest BCUT2D eigenvalue weighted by atomic mass is 10.0. The number of aliphatic imine (C=N–C) groups is 1. The summed E-state index contributed by atoms with van der Waals surface area (Å²) >= 11 is 1.02. The number of halogens is 1. The minimum absolute atomic E-state index is 0.0461. The molecular weight excluding hydrogens is 443 g/mol. The molecule has 164 valence electrons. The Morgan fingerprint density at radius 2 is 1.81 bits per heavy atom. The number of benzene rings is 1. The topological polar surface area (TPSA) is 121 Å². The standard InChI is InChI=1S/C20H21FN4O4S2/c1-19(2)18(22)23-20(3,10-31(19,26)27)15-13(21)9-14(30-15)17-25-24-16(29-17)11-5-7-12(28-4)8-6-11/h5-9H,10H2,1-4H3,(H2,22,23). The largest absolute Gasteiger partial charge is 0.497 e. The molecule has 1 atom stereocenters. The van der Waals surface area contributed by atoms with Crippen molar-refractivity contribution in [1.82, 2.24) is 10.2 Å². The molecule has 0 spiro atoms. The molecular formula is C20H21FN4O4S2. The van der Waals surface area contributed by atoms with Gasteiger partial charge in [0.15, 0.2) is 9.84 Å². The van der Waals surface area contributed by atoms with Crippen LogP contribution < -0.4 is 10.5 Å². The van der Waals surface area contributed by atoms with Crippen LogP contribution in [0.25, 0.3) is 22.2 Å². The lowest BCUT2D eigenvalue weighted by Crippen LogP contribution is -2.54. The minimum Gasteiger partial charge on any atom is -0.497 e. The molecule has 3 aromatic rings. The van der Waals surface area contributed by atoms with Crippen molar-refractivity contribution in [1.29, 1.82) is 0 Å². The predicted molar refractivity (Wildman–Crippen MR) is 116 cm³/mol. The molecule has 1 aromatic carbocycles. The average molecular weight is 465 g/mol. The van der Waals surface area contributed by atoms with Crippen molar-refractivity contribution in [3.63, 3.8) is 0 Å². The van der Waals surface area contributed by atoms with Crippen molar-refractivity contribution in [2.45, 2.75) is 31.1 Å². The number of rotatable bonds is 4. The number of aromatic nitrogens is 2. The quantitative estimate of drug-likeness (QED) is 0.628. The number of ether oxygens (including phenoxy) is 1. The van der Waals surface area contributed by atoms with Crippen LogP contribution in [0.5, 0.6) is 5.75 Å². The first-order valence-electron chi connectivity index (χ1n) is 9.33. The summed E-state index contributed by atoms with van der Waals surface area (Å²) in [7, 11) is -2.08. The maximum atomic E-state index is 14.9. The number of thiophene rings is 1. The van der Waals surface area contributed by atoms with E-state index in [9.17, 15) is 12.8 Å². The van der Waals surface area contributed by atoms with Gasteiger partial charge in [-0.05, 0) is 51.1 Å². The van der Waals surface area contributed by atoms with E-state index in [-0.39, 0.29) is 28.2 Å². The number of nitrogens with two attached hydrogens (primary N) is 1. The lowest BCUT2D eigenvalue weighted by molar-refractivity contribution is 0.415. The summed E-state index contributed by atoms with van der Waals surface area (Å²) in [4.78, 5) is 4.90. The molecule has 0 radical (unpaired) electrons. The van der Waals surface area contributed by atoms with Gasteiger partial charge in [-0.25, -0.2) is 12.8 Å². The van der Waals surface area contributed by atoms with Gasteiger partial charge in [-0.15, -0.1) is 21.5 Å². The van der Waals surface area contributed by atoms with E-state index < -0.39 is 25.9 Å². The van der Waals surface area contributed by atoms with Crippen LogP contribution in [0.2, 0.25) is 0 Å². The van der Waals surface area contributed by atoms with Gasteiger partial charge in [0.25, 0.3) is 5.89 Å². The molecule has 31 heavy (non-hydrogen) atoms. The van der Waals surface area contributed by atoms with Crippen molar-refractivity contribution in [3.05, 3.63) is 41.0 Å². The second-order valence-corrected chi connectivity index (χ2v) is 11.6. The highest BCUT2D eigenvalue weighted by Gasteiger charge is 2.50. The molecule has 2 aromatic heterocycles. The molecule has 0 bridgehead atoms. The van der Waals surface area contributed by atoms with E-state index >= 15 is 0 Å². The third-order valence-corrected chi connectivity index (χ3v) is 9.44. The van der Waals surface area contributed by atoms with Gasteiger partial charge in [-0.3, -0.25) is 4.99 Å². The Kier molecular flexibility index (Phi) is 4.93. The zero-order valence-electron chi connectivity index (χ0n) is 17.3. The van der Waals surface area contributed by atoms with Crippen LogP contribution in [0.15, 0.2) is 39.7 Å². The van der Waals surface area contributed by atoms with Crippen LogP contribution in [0.1, 0.15) is 25.6 Å². The molecule has 0 amide bonds. The van der Waals surface area contributed by atoms with Gasteiger partial charge in [0.1, 0.15) is 27.7 Å².